The first kappa shape index (κ1) is 18.3. The quantitative estimate of drug-likeness (QED) is 0.567. The summed E-state index contributed by atoms with van der Waals surface area (Å²) >= 11 is 1.60. The maximum atomic E-state index is 11.8. The molecule has 27 heavy (non-hydrogen) atoms. The van der Waals surface area contributed by atoms with Crippen molar-refractivity contribution in [1.29, 1.82) is 0 Å². The summed E-state index contributed by atoms with van der Waals surface area (Å²) in [5, 5.41) is 5.89. The lowest BCUT2D eigenvalue weighted by atomic mass is 10.3. The fraction of sp³-hybridized carbons (Fsp3) is 0.333. The number of nitrogens with zero attached hydrogens (tertiary/aromatic N) is 3. The summed E-state index contributed by atoms with van der Waals surface area (Å²) in [6, 6.07) is 5.76. The summed E-state index contributed by atoms with van der Waals surface area (Å²) in [5.74, 6) is 0.283. The van der Waals surface area contributed by atoms with E-state index in [1.54, 1.807) is 28.9 Å². The van der Waals surface area contributed by atoms with Crippen LogP contribution in [0.25, 0.3) is 10.2 Å². The topological polar surface area (TPSA) is 92.8 Å². The van der Waals surface area contributed by atoms with Crippen LogP contribution < -0.4 is 11.1 Å². The molecule has 0 radical (unpaired) electrons. The van der Waals surface area contributed by atoms with Crippen molar-refractivity contribution in [3.8, 4) is 0 Å². The lowest BCUT2D eigenvalue weighted by Crippen LogP contribution is -2.38. The molecule has 1 fully saturated rings. The van der Waals surface area contributed by atoms with Crippen molar-refractivity contribution in [2.45, 2.75) is 0 Å². The third-order valence-electron chi connectivity index (χ3n) is 4.35. The molecule has 0 aliphatic carbocycles. The number of nitrogens with two attached hydrogens (primary N) is 1. The van der Waals surface area contributed by atoms with Gasteiger partial charge in [-0.05, 0) is 24.3 Å². The van der Waals surface area contributed by atoms with Gasteiger partial charge in [0.25, 0.3) is 0 Å². The summed E-state index contributed by atoms with van der Waals surface area (Å²) < 4.78 is 18.2. The number of thiazole rings is 1. The summed E-state index contributed by atoms with van der Waals surface area (Å²) in [6.45, 7) is 5.43. The van der Waals surface area contributed by atoms with Crippen molar-refractivity contribution in [3.05, 3.63) is 40.7 Å². The minimum Gasteiger partial charge on any atom is -0.383 e. The highest BCUT2D eigenvalue weighted by molar-refractivity contribution is 7.93. The highest BCUT2D eigenvalue weighted by Crippen LogP contribution is 2.29. The number of allylic oxidation sites excluding steroid dienone is 2. The normalized spacial score (nSPS) is 21.0. The highest BCUT2D eigenvalue weighted by Gasteiger charge is 2.13. The SMILES string of the molecule is NC(=Nc1ccc2nc(NCCN3CCOCC3)sc2c1)C1=CC=CS1=O. The number of hydrogen-bond acceptors (Lipinski definition) is 7. The van der Waals surface area contributed by atoms with Gasteiger partial charge in [0.1, 0.15) is 5.84 Å². The second-order valence-electron chi connectivity index (χ2n) is 6.21. The lowest BCUT2D eigenvalue weighted by Gasteiger charge is -2.26. The van der Waals surface area contributed by atoms with E-state index in [2.05, 4.69) is 20.2 Å². The van der Waals surface area contributed by atoms with E-state index >= 15 is 0 Å². The summed E-state index contributed by atoms with van der Waals surface area (Å²) in [7, 11) is -1.20. The molecule has 1 unspecified atom stereocenters. The first-order chi connectivity index (χ1) is 13.2. The monoisotopic (exact) mass is 403 g/mol. The Balaban J connectivity index is 1.41. The van der Waals surface area contributed by atoms with Crippen LogP contribution in [-0.2, 0) is 15.5 Å². The third-order valence-corrected chi connectivity index (χ3v) is 6.51. The van der Waals surface area contributed by atoms with E-state index in [9.17, 15) is 4.21 Å². The highest BCUT2D eigenvalue weighted by atomic mass is 32.2. The Morgan fingerprint density at radius 2 is 2.26 bits per heavy atom. The molecule has 1 saturated heterocycles. The summed E-state index contributed by atoms with van der Waals surface area (Å²) in [4.78, 5) is 12.0. The molecule has 1 aromatic carbocycles. The van der Waals surface area contributed by atoms with E-state index in [1.165, 1.54) is 0 Å². The molecule has 1 aromatic heterocycles. The number of rotatable bonds is 6. The Hall–Kier alpha value is -2.07. The van der Waals surface area contributed by atoms with Crippen molar-refractivity contribution in [3.63, 3.8) is 0 Å². The summed E-state index contributed by atoms with van der Waals surface area (Å²) in [5.41, 5.74) is 7.66. The summed E-state index contributed by atoms with van der Waals surface area (Å²) in [6.07, 6.45) is 3.46. The van der Waals surface area contributed by atoms with Gasteiger partial charge in [-0.15, -0.1) is 0 Å². The van der Waals surface area contributed by atoms with Crippen LogP contribution in [0.4, 0.5) is 10.8 Å². The van der Waals surface area contributed by atoms with Crippen LogP contribution in [0.15, 0.2) is 45.7 Å². The Morgan fingerprint density at radius 1 is 1.41 bits per heavy atom. The fourth-order valence-electron chi connectivity index (χ4n) is 2.93. The fourth-order valence-corrected chi connectivity index (χ4v) is 4.68. The molecule has 7 nitrogen and oxygen atoms in total. The number of aliphatic imine (C=N–C) groups is 1. The minimum atomic E-state index is -1.20. The van der Waals surface area contributed by atoms with E-state index in [1.807, 2.05) is 18.2 Å². The van der Waals surface area contributed by atoms with E-state index in [4.69, 9.17) is 10.5 Å². The standard InChI is InChI=1S/C18H21N5O2S2/c19-17(16-2-1-11-27(16)24)21-13-3-4-14-15(12-13)26-18(22-14)20-5-6-23-7-9-25-10-8-23/h1-4,11-12H,5-10H2,(H2,19,21)(H,20,22). The van der Waals surface area contributed by atoms with Gasteiger partial charge in [0.05, 0.1) is 44.8 Å². The largest absolute Gasteiger partial charge is 0.383 e. The zero-order chi connectivity index (χ0) is 18.6. The number of fused-ring (bicyclic) bond motifs is 1. The van der Waals surface area contributed by atoms with Gasteiger partial charge in [-0.2, -0.15) is 0 Å². The molecular formula is C18H21N5O2S2. The molecule has 0 amide bonds. The van der Waals surface area contributed by atoms with Crippen molar-refractivity contribution in [2.75, 3.05) is 44.7 Å². The molecule has 3 heterocycles. The van der Waals surface area contributed by atoms with Gasteiger partial charge >= 0.3 is 0 Å². The van der Waals surface area contributed by atoms with Gasteiger partial charge in [0.2, 0.25) is 0 Å². The molecule has 142 valence electrons. The molecule has 1 atom stereocenters. The maximum absolute atomic E-state index is 11.8. The first-order valence-corrected chi connectivity index (χ1v) is 10.8. The number of nitrogens with one attached hydrogen (secondary N) is 1. The average molecular weight is 404 g/mol. The number of amidine groups is 1. The van der Waals surface area contributed by atoms with E-state index < -0.39 is 10.8 Å². The second kappa shape index (κ2) is 8.30. The molecular weight excluding hydrogens is 382 g/mol. The zero-order valence-corrected chi connectivity index (χ0v) is 16.4. The molecule has 2 aromatic rings. The Kier molecular flexibility index (Phi) is 5.63. The van der Waals surface area contributed by atoms with Crippen molar-refractivity contribution in [2.24, 2.45) is 10.7 Å². The molecule has 9 heteroatoms. The molecule has 0 saturated carbocycles. The molecule has 0 spiro atoms. The predicted molar refractivity (Wildman–Crippen MR) is 112 cm³/mol. The van der Waals surface area contributed by atoms with E-state index in [0.717, 1.165) is 60.4 Å². The lowest BCUT2D eigenvalue weighted by molar-refractivity contribution is 0.0398. The number of benzene rings is 1. The number of anilines is 1. The smallest absolute Gasteiger partial charge is 0.183 e. The van der Waals surface area contributed by atoms with Crippen LogP contribution in [-0.4, -0.2) is 59.3 Å². The molecule has 0 bridgehead atoms. The van der Waals surface area contributed by atoms with Gasteiger partial charge in [0, 0.05) is 31.6 Å². The van der Waals surface area contributed by atoms with Gasteiger partial charge in [0.15, 0.2) is 5.13 Å². The third kappa shape index (κ3) is 4.44. The molecule has 2 aliphatic rings. The van der Waals surface area contributed by atoms with Crippen LogP contribution >= 0.6 is 11.3 Å². The predicted octanol–water partition coefficient (Wildman–Crippen LogP) is 2.19. The minimum absolute atomic E-state index is 0.283. The van der Waals surface area contributed by atoms with E-state index in [-0.39, 0.29) is 5.84 Å². The van der Waals surface area contributed by atoms with Crippen molar-refractivity contribution < 1.29 is 8.95 Å². The van der Waals surface area contributed by atoms with Gasteiger partial charge in [-0.1, -0.05) is 17.4 Å². The van der Waals surface area contributed by atoms with Gasteiger partial charge in [-0.25, -0.2) is 14.2 Å². The second-order valence-corrected chi connectivity index (χ2v) is 8.54. The molecule has 3 N–H and O–H groups in total. The van der Waals surface area contributed by atoms with Crippen molar-refractivity contribution >= 4 is 49.0 Å². The number of aromatic nitrogens is 1. The Morgan fingerprint density at radius 3 is 3.04 bits per heavy atom. The van der Waals surface area contributed by atoms with Crippen LogP contribution in [0.2, 0.25) is 0 Å². The van der Waals surface area contributed by atoms with E-state index in [0.29, 0.717) is 4.91 Å². The van der Waals surface area contributed by atoms with Crippen LogP contribution in [0.5, 0.6) is 0 Å². The van der Waals surface area contributed by atoms with Crippen LogP contribution in [0.1, 0.15) is 0 Å². The average Bonchev–Trinajstić information content (AvgIpc) is 3.28. The van der Waals surface area contributed by atoms with Crippen LogP contribution in [0, 0.1) is 0 Å². The number of ether oxygens (including phenoxy) is 1. The van der Waals surface area contributed by atoms with Gasteiger partial charge in [-0.3, -0.25) is 4.90 Å². The van der Waals surface area contributed by atoms with Crippen LogP contribution in [0.3, 0.4) is 0 Å². The Bertz CT molecular complexity index is 944. The number of hydrogen-bond donors (Lipinski definition) is 2. The van der Waals surface area contributed by atoms with Gasteiger partial charge < -0.3 is 15.8 Å². The number of morpholine rings is 1. The van der Waals surface area contributed by atoms with Crippen molar-refractivity contribution in [1.82, 2.24) is 9.88 Å². The molecule has 2 aliphatic heterocycles. The Labute approximate surface area is 164 Å². The first-order valence-electron chi connectivity index (χ1n) is 8.77. The maximum Gasteiger partial charge on any atom is 0.183 e. The zero-order valence-electron chi connectivity index (χ0n) is 14.8. The molecule has 4 rings (SSSR count).